The molecule has 0 saturated carbocycles. The number of aliphatic carboxylic acids is 1. The molecule has 0 bridgehead atoms. The summed E-state index contributed by atoms with van der Waals surface area (Å²) in [6.45, 7) is 0.410. The Bertz CT molecular complexity index is 1420. The van der Waals surface area contributed by atoms with Crippen LogP contribution >= 0.6 is 0 Å². The van der Waals surface area contributed by atoms with Gasteiger partial charge in [-0.25, -0.2) is 9.78 Å². The highest BCUT2D eigenvalue weighted by atomic mass is 19.4. The van der Waals surface area contributed by atoms with Crippen molar-refractivity contribution in [3.05, 3.63) is 76.6 Å². The number of rotatable bonds is 6. The quantitative estimate of drug-likeness (QED) is 0.316. The topological polar surface area (TPSA) is 150 Å². The zero-order valence-corrected chi connectivity index (χ0v) is 18.7. The normalized spacial score (nSPS) is 10.9. The Morgan fingerprint density at radius 3 is 2.53 bits per heavy atom. The second-order valence-corrected chi connectivity index (χ2v) is 7.29. The molecule has 0 fully saturated rings. The largest absolute Gasteiger partial charge is 0.497 e. The zero-order valence-electron chi connectivity index (χ0n) is 18.7. The summed E-state index contributed by atoms with van der Waals surface area (Å²) in [6.07, 6.45) is -1.03. The number of fused-ring (bicyclic) bond motifs is 1. The first-order valence-electron chi connectivity index (χ1n) is 10.3. The lowest BCUT2D eigenvalue weighted by Gasteiger charge is -2.07. The molecule has 2 aromatic carbocycles. The molecule has 0 aliphatic heterocycles. The van der Waals surface area contributed by atoms with E-state index >= 15 is 0 Å². The first-order valence-corrected chi connectivity index (χ1v) is 10.3. The van der Waals surface area contributed by atoms with Crippen LogP contribution in [0, 0.1) is 0 Å². The number of benzene rings is 2. The molecule has 36 heavy (non-hydrogen) atoms. The van der Waals surface area contributed by atoms with Gasteiger partial charge in [0.15, 0.2) is 5.82 Å². The van der Waals surface area contributed by atoms with Crippen LogP contribution < -0.4 is 15.6 Å². The van der Waals surface area contributed by atoms with Crippen LogP contribution in [0.2, 0.25) is 0 Å². The van der Waals surface area contributed by atoms with Crippen LogP contribution in [0.5, 0.6) is 5.75 Å². The Morgan fingerprint density at radius 1 is 1.14 bits per heavy atom. The number of methoxy groups -OCH3 is 1. The van der Waals surface area contributed by atoms with E-state index in [1.807, 2.05) is 30.3 Å². The van der Waals surface area contributed by atoms with Crippen molar-refractivity contribution in [2.45, 2.75) is 12.6 Å². The third kappa shape index (κ3) is 6.68. The number of aromatic nitrogens is 4. The standard InChI is InChI=1S/C21H19N5O3.C2HF3O2/c1-29-16-4-2-3-13(9-16)7-8-22-21(28)19-25-18-6-5-14(15-11-23-24-12-15)10-17(18)20(27)26-19;3-2(4,5)1(6)7/h2-6,9-12H,7-8H2,1H3,(H,22,28)(H,23,24)(H,25,26,27);(H,6,7). The summed E-state index contributed by atoms with van der Waals surface area (Å²) >= 11 is 0. The van der Waals surface area contributed by atoms with E-state index in [4.69, 9.17) is 14.6 Å². The van der Waals surface area contributed by atoms with E-state index in [-0.39, 0.29) is 11.4 Å². The molecule has 0 radical (unpaired) electrons. The third-order valence-corrected chi connectivity index (χ3v) is 4.83. The molecule has 0 unspecified atom stereocenters. The molecular weight excluding hydrogens is 483 g/mol. The van der Waals surface area contributed by atoms with Gasteiger partial charge in [0.25, 0.3) is 11.5 Å². The van der Waals surface area contributed by atoms with E-state index in [9.17, 15) is 22.8 Å². The summed E-state index contributed by atoms with van der Waals surface area (Å²) in [5, 5.41) is 17.0. The minimum absolute atomic E-state index is 0.01000. The number of halogens is 3. The molecule has 2 heterocycles. The van der Waals surface area contributed by atoms with Crippen LogP contribution in [-0.2, 0) is 11.2 Å². The number of amides is 1. The van der Waals surface area contributed by atoms with E-state index in [1.165, 1.54) is 0 Å². The number of carboxylic acids is 1. The van der Waals surface area contributed by atoms with Gasteiger partial charge in [-0.15, -0.1) is 0 Å². The molecular formula is C23H20F3N5O5. The predicted octanol–water partition coefficient (Wildman–Crippen LogP) is 2.93. The lowest BCUT2D eigenvalue weighted by atomic mass is 10.1. The van der Waals surface area contributed by atoms with Crippen LogP contribution in [-0.4, -0.2) is 57.0 Å². The van der Waals surface area contributed by atoms with Crippen molar-refractivity contribution < 1.29 is 32.6 Å². The lowest BCUT2D eigenvalue weighted by molar-refractivity contribution is -0.192. The highest BCUT2D eigenvalue weighted by Gasteiger charge is 2.38. The molecule has 0 aliphatic carbocycles. The van der Waals surface area contributed by atoms with E-state index in [1.54, 1.807) is 31.6 Å². The van der Waals surface area contributed by atoms with Gasteiger partial charge >= 0.3 is 12.1 Å². The summed E-state index contributed by atoms with van der Waals surface area (Å²) < 4.78 is 36.9. The first kappa shape index (κ1) is 25.9. The third-order valence-electron chi connectivity index (χ3n) is 4.83. The van der Waals surface area contributed by atoms with E-state index in [0.29, 0.717) is 23.9 Å². The maximum atomic E-state index is 12.5. The fraction of sp³-hybridized carbons (Fsp3) is 0.174. The van der Waals surface area contributed by atoms with Crippen molar-refractivity contribution in [3.8, 4) is 16.9 Å². The highest BCUT2D eigenvalue weighted by molar-refractivity contribution is 5.93. The van der Waals surface area contributed by atoms with Gasteiger partial charge in [0.2, 0.25) is 0 Å². The average Bonchev–Trinajstić information content (AvgIpc) is 3.39. The molecule has 188 valence electrons. The summed E-state index contributed by atoms with van der Waals surface area (Å²) in [6, 6.07) is 12.9. The monoisotopic (exact) mass is 503 g/mol. The van der Waals surface area contributed by atoms with E-state index < -0.39 is 18.1 Å². The summed E-state index contributed by atoms with van der Waals surface area (Å²) in [5.41, 5.74) is 2.84. The van der Waals surface area contributed by atoms with Crippen molar-refractivity contribution in [2.24, 2.45) is 0 Å². The number of nitrogens with zero attached hydrogens (tertiary/aromatic N) is 2. The Morgan fingerprint density at radius 2 is 1.89 bits per heavy atom. The van der Waals surface area contributed by atoms with Crippen LogP contribution in [0.4, 0.5) is 13.2 Å². The van der Waals surface area contributed by atoms with E-state index in [0.717, 1.165) is 22.4 Å². The van der Waals surface area contributed by atoms with Crippen molar-refractivity contribution in [3.63, 3.8) is 0 Å². The number of carbonyl (C=O) groups is 2. The maximum absolute atomic E-state index is 12.5. The molecule has 4 aromatic rings. The molecule has 4 N–H and O–H groups in total. The number of hydrogen-bond donors (Lipinski definition) is 4. The van der Waals surface area contributed by atoms with Crippen LogP contribution in [0.1, 0.15) is 16.2 Å². The molecule has 0 atom stereocenters. The van der Waals surface area contributed by atoms with Gasteiger partial charge in [0.1, 0.15) is 5.75 Å². The smallest absolute Gasteiger partial charge is 0.490 e. The Balaban J connectivity index is 0.000000454. The number of aromatic amines is 2. The fourth-order valence-corrected chi connectivity index (χ4v) is 3.07. The van der Waals surface area contributed by atoms with Gasteiger partial charge in [0, 0.05) is 18.3 Å². The Hall–Kier alpha value is -4.68. The minimum atomic E-state index is -5.08. The van der Waals surface area contributed by atoms with Crippen LogP contribution in [0.3, 0.4) is 0 Å². The number of nitrogens with one attached hydrogen (secondary N) is 3. The van der Waals surface area contributed by atoms with Gasteiger partial charge < -0.3 is 20.1 Å². The summed E-state index contributed by atoms with van der Waals surface area (Å²) in [5.74, 6) is -2.42. The first-order chi connectivity index (χ1) is 17.1. The molecule has 0 spiro atoms. The van der Waals surface area contributed by atoms with Crippen molar-refractivity contribution in [1.82, 2.24) is 25.5 Å². The fourth-order valence-electron chi connectivity index (χ4n) is 3.07. The zero-order chi connectivity index (χ0) is 26.3. The molecule has 0 saturated heterocycles. The average molecular weight is 503 g/mol. The van der Waals surface area contributed by atoms with Crippen LogP contribution in [0.15, 0.2) is 59.7 Å². The van der Waals surface area contributed by atoms with Gasteiger partial charge in [-0.1, -0.05) is 18.2 Å². The van der Waals surface area contributed by atoms with Gasteiger partial charge in [-0.3, -0.25) is 14.7 Å². The van der Waals surface area contributed by atoms with Crippen molar-refractivity contribution >= 4 is 22.8 Å². The second kappa shape index (κ2) is 11.2. The van der Waals surface area contributed by atoms with Gasteiger partial charge in [-0.05, 0) is 41.8 Å². The summed E-state index contributed by atoms with van der Waals surface area (Å²) in [4.78, 5) is 40.7. The molecule has 0 aliphatic rings. The maximum Gasteiger partial charge on any atom is 0.490 e. The molecule has 4 rings (SSSR count). The number of ether oxygens (including phenoxy) is 1. The van der Waals surface area contributed by atoms with Gasteiger partial charge in [0.05, 0.1) is 24.2 Å². The van der Waals surface area contributed by atoms with Gasteiger partial charge in [-0.2, -0.15) is 18.3 Å². The molecule has 2 aromatic heterocycles. The Labute approximate surface area is 201 Å². The number of carboxylic acid groups (broad SMARTS) is 1. The minimum Gasteiger partial charge on any atom is -0.497 e. The van der Waals surface area contributed by atoms with Crippen molar-refractivity contribution in [1.29, 1.82) is 0 Å². The predicted molar refractivity (Wildman–Crippen MR) is 123 cm³/mol. The van der Waals surface area contributed by atoms with Crippen molar-refractivity contribution in [2.75, 3.05) is 13.7 Å². The number of H-pyrrole nitrogens is 2. The Kier molecular flexibility index (Phi) is 8.04. The molecule has 10 nitrogen and oxygen atoms in total. The molecule has 1 amide bonds. The number of carbonyl (C=O) groups excluding carboxylic acids is 1. The summed E-state index contributed by atoms with van der Waals surface area (Å²) in [7, 11) is 1.61. The second-order valence-electron chi connectivity index (χ2n) is 7.29. The molecule has 13 heteroatoms. The highest BCUT2D eigenvalue weighted by Crippen LogP contribution is 2.21. The number of hydrogen-bond acceptors (Lipinski definition) is 6. The van der Waals surface area contributed by atoms with Crippen LogP contribution in [0.25, 0.3) is 22.0 Å². The van der Waals surface area contributed by atoms with E-state index in [2.05, 4.69) is 25.5 Å². The lowest BCUT2D eigenvalue weighted by Crippen LogP contribution is -2.29. The number of alkyl halides is 3. The SMILES string of the molecule is COc1cccc(CCNC(=O)c2nc3ccc(-c4cn[nH]c4)cc3c(=O)[nH]2)c1.O=C(O)C(F)(F)F.